The fourth-order valence-electron chi connectivity index (χ4n) is 3.38. The molecule has 0 bridgehead atoms. The van der Waals surface area contributed by atoms with Gasteiger partial charge in [-0.3, -0.25) is 10.1 Å². The maximum absolute atomic E-state index is 13.1. The van der Waals surface area contributed by atoms with Crippen molar-refractivity contribution in [2.45, 2.75) is 13.8 Å². The fraction of sp³-hybridized carbons (Fsp3) is 0.0952. The van der Waals surface area contributed by atoms with E-state index >= 15 is 0 Å². The first-order valence-corrected chi connectivity index (χ1v) is 9.86. The normalized spacial score (nSPS) is 11.2. The van der Waals surface area contributed by atoms with Crippen LogP contribution in [0.4, 0.5) is 5.13 Å². The van der Waals surface area contributed by atoms with Gasteiger partial charge in [0.25, 0.3) is 5.91 Å². The molecule has 5 aromatic rings. The SMILES string of the molecule is Cc1ccc(-c2cc(C(=O)Nc3nn4cnnc4s3)c3ccccc3n2)c(C)c1. The van der Waals surface area contributed by atoms with Crippen LogP contribution >= 0.6 is 11.3 Å². The molecule has 1 N–H and O–H groups in total. The van der Waals surface area contributed by atoms with E-state index in [1.807, 2.05) is 36.4 Å². The highest BCUT2D eigenvalue weighted by Crippen LogP contribution is 2.28. The number of aromatic nitrogens is 5. The average molecular weight is 400 g/mol. The third-order valence-electron chi connectivity index (χ3n) is 4.73. The van der Waals surface area contributed by atoms with Crippen LogP contribution in [0.5, 0.6) is 0 Å². The number of hydrogen-bond acceptors (Lipinski definition) is 6. The first kappa shape index (κ1) is 17.4. The number of aryl methyl sites for hydroxylation is 2. The van der Waals surface area contributed by atoms with Crippen molar-refractivity contribution in [3.8, 4) is 11.3 Å². The van der Waals surface area contributed by atoms with Crippen LogP contribution in [0.2, 0.25) is 0 Å². The van der Waals surface area contributed by atoms with E-state index < -0.39 is 0 Å². The van der Waals surface area contributed by atoms with Crippen LogP contribution in [-0.4, -0.2) is 30.7 Å². The third-order valence-corrected chi connectivity index (χ3v) is 5.55. The molecule has 3 aromatic heterocycles. The van der Waals surface area contributed by atoms with Gasteiger partial charge in [-0.05, 0) is 31.5 Å². The molecule has 0 spiro atoms. The van der Waals surface area contributed by atoms with Crippen molar-refractivity contribution in [1.29, 1.82) is 0 Å². The molecule has 0 unspecified atom stereocenters. The molecule has 0 aliphatic heterocycles. The van der Waals surface area contributed by atoms with Gasteiger partial charge >= 0.3 is 0 Å². The molecule has 2 aromatic carbocycles. The zero-order valence-corrected chi connectivity index (χ0v) is 16.6. The highest BCUT2D eigenvalue weighted by atomic mass is 32.1. The van der Waals surface area contributed by atoms with Crippen molar-refractivity contribution in [3.63, 3.8) is 0 Å². The summed E-state index contributed by atoms with van der Waals surface area (Å²) in [5.41, 5.74) is 5.41. The summed E-state index contributed by atoms with van der Waals surface area (Å²) in [6, 6.07) is 15.7. The molecule has 0 fully saturated rings. The number of amides is 1. The number of hydrogen-bond donors (Lipinski definition) is 1. The Bertz CT molecular complexity index is 1360. The second-order valence-corrected chi connectivity index (χ2v) is 7.77. The number of carbonyl (C=O) groups is 1. The van der Waals surface area contributed by atoms with Gasteiger partial charge in [-0.2, -0.15) is 4.52 Å². The molecular weight excluding hydrogens is 384 g/mol. The molecular formula is C21H16N6OS. The van der Waals surface area contributed by atoms with Gasteiger partial charge in [-0.1, -0.05) is 53.3 Å². The van der Waals surface area contributed by atoms with E-state index in [2.05, 4.69) is 46.6 Å². The molecule has 8 heteroatoms. The molecule has 1 amide bonds. The maximum atomic E-state index is 13.1. The van der Waals surface area contributed by atoms with Crippen LogP contribution < -0.4 is 5.32 Å². The topological polar surface area (TPSA) is 85.1 Å². The van der Waals surface area contributed by atoms with Crippen LogP contribution in [-0.2, 0) is 0 Å². The summed E-state index contributed by atoms with van der Waals surface area (Å²) in [5, 5.41) is 16.2. The fourth-order valence-corrected chi connectivity index (χ4v) is 4.09. The molecule has 3 heterocycles. The number of carbonyl (C=O) groups excluding carboxylic acids is 1. The Morgan fingerprint density at radius 2 is 1.97 bits per heavy atom. The van der Waals surface area contributed by atoms with E-state index in [0.29, 0.717) is 15.7 Å². The zero-order chi connectivity index (χ0) is 20.0. The van der Waals surface area contributed by atoms with E-state index in [1.54, 1.807) is 0 Å². The lowest BCUT2D eigenvalue weighted by Gasteiger charge is -2.11. The Morgan fingerprint density at radius 3 is 2.79 bits per heavy atom. The molecule has 5 rings (SSSR count). The Morgan fingerprint density at radius 1 is 1.10 bits per heavy atom. The van der Waals surface area contributed by atoms with Gasteiger partial charge in [0.05, 0.1) is 16.8 Å². The molecule has 0 radical (unpaired) electrons. The van der Waals surface area contributed by atoms with E-state index in [9.17, 15) is 4.79 Å². The lowest BCUT2D eigenvalue weighted by atomic mass is 9.99. The predicted octanol–water partition coefficient (Wildman–Crippen LogP) is 4.27. The second-order valence-electron chi connectivity index (χ2n) is 6.81. The van der Waals surface area contributed by atoms with Crippen LogP contribution in [0, 0.1) is 13.8 Å². The first-order valence-electron chi connectivity index (χ1n) is 9.04. The summed E-state index contributed by atoms with van der Waals surface area (Å²) in [6.45, 7) is 4.11. The Labute approximate surface area is 170 Å². The lowest BCUT2D eigenvalue weighted by Crippen LogP contribution is -2.13. The van der Waals surface area contributed by atoms with Crippen LogP contribution in [0.3, 0.4) is 0 Å². The van der Waals surface area contributed by atoms with Gasteiger partial charge in [-0.25, -0.2) is 4.98 Å². The van der Waals surface area contributed by atoms with Gasteiger partial charge < -0.3 is 0 Å². The number of benzene rings is 2. The Hall–Kier alpha value is -3.65. The smallest absolute Gasteiger partial charge is 0.258 e. The van der Waals surface area contributed by atoms with Gasteiger partial charge in [-0.15, -0.1) is 15.3 Å². The van der Waals surface area contributed by atoms with Gasteiger partial charge in [0.15, 0.2) is 0 Å². The molecule has 0 aliphatic rings. The summed E-state index contributed by atoms with van der Waals surface area (Å²) in [4.78, 5) is 18.6. The summed E-state index contributed by atoms with van der Waals surface area (Å²) >= 11 is 1.27. The highest BCUT2D eigenvalue weighted by Gasteiger charge is 2.17. The number of anilines is 1. The number of fused-ring (bicyclic) bond motifs is 2. The van der Waals surface area contributed by atoms with Crippen LogP contribution in [0.1, 0.15) is 21.5 Å². The van der Waals surface area contributed by atoms with Crippen molar-refractivity contribution in [1.82, 2.24) is 24.8 Å². The quantitative estimate of drug-likeness (QED) is 0.489. The Balaban J connectivity index is 1.61. The summed E-state index contributed by atoms with van der Waals surface area (Å²) in [6.07, 6.45) is 1.50. The van der Waals surface area contributed by atoms with Crippen LogP contribution in [0.15, 0.2) is 54.9 Å². The van der Waals surface area contributed by atoms with E-state index in [4.69, 9.17) is 4.98 Å². The lowest BCUT2D eigenvalue weighted by molar-refractivity contribution is 0.102. The van der Waals surface area contributed by atoms with Crippen molar-refractivity contribution < 1.29 is 4.79 Å². The summed E-state index contributed by atoms with van der Waals surface area (Å²) in [7, 11) is 0. The zero-order valence-electron chi connectivity index (χ0n) is 15.7. The molecule has 142 valence electrons. The van der Waals surface area contributed by atoms with Crippen molar-refractivity contribution in [3.05, 3.63) is 71.5 Å². The number of nitrogens with zero attached hydrogens (tertiary/aromatic N) is 5. The molecule has 0 aliphatic carbocycles. The van der Waals surface area contributed by atoms with Crippen LogP contribution in [0.25, 0.3) is 27.1 Å². The highest BCUT2D eigenvalue weighted by molar-refractivity contribution is 7.20. The average Bonchev–Trinajstić information content (AvgIpc) is 3.28. The predicted molar refractivity (Wildman–Crippen MR) is 113 cm³/mol. The van der Waals surface area contributed by atoms with E-state index in [0.717, 1.165) is 27.7 Å². The van der Waals surface area contributed by atoms with Crippen molar-refractivity contribution >= 4 is 38.2 Å². The number of para-hydroxylation sites is 1. The number of nitrogens with one attached hydrogen (secondary N) is 1. The molecule has 0 atom stereocenters. The molecule has 0 saturated heterocycles. The van der Waals surface area contributed by atoms with Crippen molar-refractivity contribution in [2.24, 2.45) is 0 Å². The number of pyridine rings is 1. The maximum Gasteiger partial charge on any atom is 0.258 e. The second kappa shape index (κ2) is 6.75. The third kappa shape index (κ3) is 3.13. The molecule has 7 nitrogen and oxygen atoms in total. The summed E-state index contributed by atoms with van der Waals surface area (Å²) < 4.78 is 1.53. The minimum absolute atomic E-state index is 0.237. The van der Waals surface area contributed by atoms with E-state index in [1.165, 1.54) is 27.7 Å². The minimum Gasteiger partial charge on any atom is -0.296 e. The standard InChI is InChI=1S/C21H16N6OS/c1-12-7-8-14(13(2)9-12)18-10-16(15-5-3-4-6-17(15)23-18)19(28)24-20-26-27-11-22-25-21(27)29-20/h3-11H,1-2H3,(H,24,26,28). The van der Waals surface area contributed by atoms with Gasteiger partial charge in [0.1, 0.15) is 6.33 Å². The Kier molecular flexibility index (Phi) is 4.06. The van der Waals surface area contributed by atoms with Gasteiger partial charge in [0, 0.05) is 10.9 Å². The molecule has 0 saturated carbocycles. The van der Waals surface area contributed by atoms with E-state index in [-0.39, 0.29) is 5.91 Å². The molecule has 29 heavy (non-hydrogen) atoms. The van der Waals surface area contributed by atoms with Gasteiger partial charge in [0.2, 0.25) is 10.1 Å². The van der Waals surface area contributed by atoms with Crippen molar-refractivity contribution in [2.75, 3.05) is 5.32 Å². The first-order chi connectivity index (χ1) is 14.1. The minimum atomic E-state index is -0.237. The largest absolute Gasteiger partial charge is 0.296 e. The monoisotopic (exact) mass is 400 g/mol. The number of rotatable bonds is 3. The summed E-state index contributed by atoms with van der Waals surface area (Å²) in [5.74, 6) is -0.237.